The molecule has 2 N–H and O–H groups in total. The van der Waals surface area contributed by atoms with Crippen molar-refractivity contribution in [2.75, 3.05) is 16.4 Å². The van der Waals surface area contributed by atoms with Crippen LogP contribution in [-0.2, 0) is 4.79 Å². The molecule has 0 fully saturated rings. The SMILES string of the molecule is CCC(=O)Nc1ccc(C(=O)CSc2nnc(Nc3ccc(C)cc3)s2)cc1. The molecule has 3 aromatic rings. The summed E-state index contributed by atoms with van der Waals surface area (Å²) in [6.07, 6.45) is 0.417. The number of hydrogen-bond donors (Lipinski definition) is 2. The predicted molar refractivity (Wildman–Crippen MR) is 115 cm³/mol. The fourth-order valence-corrected chi connectivity index (χ4v) is 3.95. The third-order valence-corrected chi connectivity index (χ3v) is 5.82. The number of amides is 1. The maximum atomic E-state index is 12.4. The molecule has 1 heterocycles. The molecule has 0 radical (unpaired) electrons. The quantitative estimate of drug-likeness (QED) is 0.404. The molecule has 0 aliphatic heterocycles. The van der Waals surface area contributed by atoms with Crippen LogP contribution in [0.3, 0.4) is 0 Å². The molecule has 3 rings (SSSR count). The molecule has 0 saturated carbocycles. The van der Waals surface area contributed by atoms with Gasteiger partial charge in [0.25, 0.3) is 0 Å². The Hall–Kier alpha value is -2.71. The number of thioether (sulfide) groups is 1. The van der Waals surface area contributed by atoms with Crippen LogP contribution in [0.5, 0.6) is 0 Å². The van der Waals surface area contributed by atoms with Gasteiger partial charge in [-0.25, -0.2) is 0 Å². The van der Waals surface area contributed by atoms with Crippen molar-refractivity contribution >= 4 is 51.3 Å². The average Bonchev–Trinajstić information content (AvgIpc) is 3.15. The number of benzene rings is 2. The number of aromatic nitrogens is 2. The lowest BCUT2D eigenvalue weighted by Crippen LogP contribution is -2.09. The van der Waals surface area contributed by atoms with E-state index in [-0.39, 0.29) is 17.4 Å². The van der Waals surface area contributed by atoms with Crippen LogP contribution in [0.2, 0.25) is 0 Å². The molecule has 144 valence electrons. The second kappa shape index (κ2) is 9.48. The summed E-state index contributed by atoms with van der Waals surface area (Å²) in [4.78, 5) is 23.8. The lowest BCUT2D eigenvalue weighted by Gasteiger charge is -2.04. The standard InChI is InChI=1S/C20H20N4O2S2/c1-3-18(26)21-15-10-6-14(7-11-15)17(25)12-27-20-24-23-19(28-20)22-16-8-4-13(2)5-9-16/h4-11H,3,12H2,1-2H3,(H,21,26)(H,22,23). The molecule has 8 heteroatoms. The number of ketones is 1. The summed E-state index contributed by atoms with van der Waals surface area (Å²) in [5.74, 6) is 0.224. The third kappa shape index (κ3) is 5.64. The minimum absolute atomic E-state index is 0.00149. The molecule has 1 amide bonds. The Morgan fingerprint density at radius 1 is 1.00 bits per heavy atom. The summed E-state index contributed by atoms with van der Waals surface area (Å²) in [5, 5.41) is 14.9. The van der Waals surface area contributed by atoms with E-state index >= 15 is 0 Å². The zero-order valence-electron chi connectivity index (χ0n) is 15.6. The highest BCUT2D eigenvalue weighted by atomic mass is 32.2. The first-order chi connectivity index (χ1) is 13.5. The summed E-state index contributed by atoms with van der Waals surface area (Å²) < 4.78 is 0.731. The minimum Gasteiger partial charge on any atom is -0.330 e. The van der Waals surface area contributed by atoms with Crippen molar-refractivity contribution in [1.29, 1.82) is 0 Å². The van der Waals surface area contributed by atoms with Crippen LogP contribution in [0.25, 0.3) is 0 Å². The number of carbonyl (C=O) groups is 2. The van der Waals surface area contributed by atoms with Gasteiger partial charge in [-0.15, -0.1) is 10.2 Å². The minimum atomic E-state index is -0.0547. The smallest absolute Gasteiger partial charge is 0.224 e. The largest absolute Gasteiger partial charge is 0.330 e. The van der Waals surface area contributed by atoms with E-state index in [1.807, 2.05) is 31.2 Å². The van der Waals surface area contributed by atoms with Gasteiger partial charge in [0.2, 0.25) is 11.0 Å². The fraction of sp³-hybridized carbons (Fsp3) is 0.200. The van der Waals surface area contributed by atoms with Gasteiger partial charge in [-0.2, -0.15) is 0 Å². The van der Waals surface area contributed by atoms with Crippen molar-refractivity contribution in [2.45, 2.75) is 24.6 Å². The first-order valence-corrected chi connectivity index (χ1v) is 10.6. The highest BCUT2D eigenvalue weighted by Crippen LogP contribution is 2.28. The van der Waals surface area contributed by atoms with E-state index in [9.17, 15) is 9.59 Å². The Morgan fingerprint density at radius 3 is 2.36 bits per heavy atom. The molecule has 0 spiro atoms. The van der Waals surface area contributed by atoms with Gasteiger partial charge in [0.15, 0.2) is 10.1 Å². The number of Topliss-reactive ketones (excluding diaryl/α,β-unsaturated/α-hetero) is 1. The summed E-state index contributed by atoms with van der Waals surface area (Å²) in [5.41, 5.74) is 3.43. The monoisotopic (exact) mass is 412 g/mol. The Labute approximate surface area is 171 Å². The second-order valence-corrected chi connectivity index (χ2v) is 8.26. The summed E-state index contributed by atoms with van der Waals surface area (Å²) >= 11 is 2.77. The number of nitrogens with zero attached hydrogens (tertiary/aromatic N) is 2. The van der Waals surface area contributed by atoms with Crippen LogP contribution in [0.15, 0.2) is 52.9 Å². The van der Waals surface area contributed by atoms with Gasteiger partial charge in [-0.3, -0.25) is 9.59 Å². The van der Waals surface area contributed by atoms with Gasteiger partial charge in [-0.05, 0) is 43.3 Å². The maximum absolute atomic E-state index is 12.4. The highest BCUT2D eigenvalue weighted by molar-refractivity contribution is 8.01. The Balaban J connectivity index is 1.52. The van der Waals surface area contributed by atoms with Gasteiger partial charge in [-0.1, -0.05) is 47.7 Å². The average molecular weight is 413 g/mol. The van der Waals surface area contributed by atoms with Gasteiger partial charge in [0, 0.05) is 23.4 Å². The summed E-state index contributed by atoms with van der Waals surface area (Å²) in [6, 6.07) is 14.9. The van der Waals surface area contributed by atoms with Crippen molar-refractivity contribution in [1.82, 2.24) is 10.2 Å². The summed E-state index contributed by atoms with van der Waals surface area (Å²) in [7, 11) is 0. The van der Waals surface area contributed by atoms with Crippen LogP contribution in [0, 0.1) is 6.92 Å². The van der Waals surface area contributed by atoms with Gasteiger partial charge in [0.1, 0.15) is 0 Å². The van der Waals surface area contributed by atoms with E-state index in [0.29, 0.717) is 22.8 Å². The number of anilines is 3. The number of carbonyl (C=O) groups excluding carboxylic acids is 2. The number of aryl methyl sites for hydroxylation is 1. The lowest BCUT2D eigenvalue weighted by atomic mass is 10.1. The van der Waals surface area contributed by atoms with Gasteiger partial charge in [0.05, 0.1) is 5.75 Å². The van der Waals surface area contributed by atoms with Crippen LogP contribution in [0.4, 0.5) is 16.5 Å². The molecule has 0 unspecified atom stereocenters. The second-order valence-electron chi connectivity index (χ2n) is 6.06. The van der Waals surface area contributed by atoms with Crippen LogP contribution >= 0.6 is 23.1 Å². The molecule has 0 atom stereocenters. The van der Waals surface area contributed by atoms with Crippen LogP contribution < -0.4 is 10.6 Å². The first kappa shape index (κ1) is 20.0. The van der Waals surface area contributed by atoms with E-state index < -0.39 is 0 Å². The number of rotatable bonds is 8. The van der Waals surface area contributed by atoms with E-state index in [4.69, 9.17) is 0 Å². The lowest BCUT2D eigenvalue weighted by molar-refractivity contribution is -0.115. The fourth-order valence-electron chi connectivity index (χ4n) is 2.28. The molecule has 0 aliphatic rings. The zero-order valence-corrected chi connectivity index (χ0v) is 17.2. The van der Waals surface area contributed by atoms with Crippen LogP contribution in [-0.4, -0.2) is 27.6 Å². The Bertz CT molecular complexity index is 953. The number of hydrogen-bond acceptors (Lipinski definition) is 7. The Kier molecular flexibility index (Phi) is 6.78. The zero-order chi connectivity index (χ0) is 19.9. The highest BCUT2D eigenvalue weighted by Gasteiger charge is 2.11. The molecule has 1 aromatic heterocycles. The third-order valence-electron chi connectivity index (χ3n) is 3.85. The van der Waals surface area contributed by atoms with E-state index in [1.54, 1.807) is 31.2 Å². The van der Waals surface area contributed by atoms with E-state index in [2.05, 4.69) is 20.8 Å². The summed E-state index contributed by atoms with van der Waals surface area (Å²) in [6.45, 7) is 3.83. The molecule has 0 aliphatic carbocycles. The maximum Gasteiger partial charge on any atom is 0.224 e. The normalized spacial score (nSPS) is 10.5. The molecular weight excluding hydrogens is 392 g/mol. The van der Waals surface area contributed by atoms with E-state index in [1.165, 1.54) is 28.7 Å². The molecule has 0 saturated heterocycles. The van der Waals surface area contributed by atoms with E-state index in [0.717, 1.165) is 10.0 Å². The predicted octanol–water partition coefficient (Wildman–Crippen LogP) is 4.91. The van der Waals surface area contributed by atoms with Crippen LogP contribution in [0.1, 0.15) is 29.3 Å². The molecule has 2 aromatic carbocycles. The topological polar surface area (TPSA) is 84.0 Å². The van der Waals surface area contributed by atoms with Crippen molar-refractivity contribution < 1.29 is 9.59 Å². The van der Waals surface area contributed by atoms with Crippen molar-refractivity contribution in [3.63, 3.8) is 0 Å². The van der Waals surface area contributed by atoms with Gasteiger partial charge < -0.3 is 10.6 Å². The molecule has 0 bridgehead atoms. The molecule has 6 nitrogen and oxygen atoms in total. The van der Waals surface area contributed by atoms with Crippen molar-refractivity contribution in [3.8, 4) is 0 Å². The van der Waals surface area contributed by atoms with Crippen molar-refractivity contribution in [2.24, 2.45) is 0 Å². The Morgan fingerprint density at radius 2 is 1.68 bits per heavy atom. The number of nitrogens with one attached hydrogen (secondary N) is 2. The molecule has 28 heavy (non-hydrogen) atoms. The van der Waals surface area contributed by atoms with Gasteiger partial charge >= 0.3 is 0 Å². The van der Waals surface area contributed by atoms with Crippen molar-refractivity contribution in [3.05, 3.63) is 59.7 Å². The molecular formula is C20H20N4O2S2. The first-order valence-electron chi connectivity index (χ1n) is 8.76.